The highest BCUT2D eigenvalue weighted by atomic mass is 19.1. The van der Waals surface area contributed by atoms with Gasteiger partial charge in [0.25, 0.3) is 0 Å². The third kappa shape index (κ3) is 3.77. The molecule has 0 bridgehead atoms. The van der Waals surface area contributed by atoms with Crippen molar-refractivity contribution in [3.63, 3.8) is 0 Å². The van der Waals surface area contributed by atoms with Gasteiger partial charge in [-0.3, -0.25) is 9.59 Å². The van der Waals surface area contributed by atoms with Crippen molar-refractivity contribution >= 4 is 17.5 Å². The van der Waals surface area contributed by atoms with Crippen LogP contribution in [0.2, 0.25) is 0 Å². The predicted octanol–water partition coefficient (Wildman–Crippen LogP) is 1.55. The van der Waals surface area contributed by atoms with Crippen LogP contribution in [0.5, 0.6) is 0 Å². The highest BCUT2D eigenvalue weighted by molar-refractivity contribution is 5.97. The third-order valence-electron chi connectivity index (χ3n) is 3.18. The number of anilines is 1. The zero-order chi connectivity index (χ0) is 15.3. The fraction of sp³-hybridized carbons (Fsp3) is 0.429. The Hall–Kier alpha value is -1.95. The Kier molecular flexibility index (Phi) is 5.64. The Labute approximate surface area is 117 Å². The number of benzene rings is 1. The van der Waals surface area contributed by atoms with E-state index in [1.807, 2.05) is 6.92 Å². The van der Waals surface area contributed by atoms with Crippen molar-refractivity contribution < 1.29 is 14.0 Å². The van der Waals surface area contributed by atoms with E-state index >= 15 is 0 Å². The molecule has 0 saturated heterocycles. The molecule has 1 aromatic rings. The fourth-order valence-electron chi connectivity index (χ4n) is 1.89. The second kappa shape index (κ2) is 7.00. The average Bonchev–Trinajstić information content (AvgIpc) is 2.40. The van der Waals surface area contributed by atoms with Gasteiger partial charge in [-0.1, -0.05) is 13.3 Å². The first-order valence-corrected chi connectivity index (χ1v) is 6.51. The molecule has 6 heteroatoms. The minimum Gasteiger partial charge on any atom is -0.366 e. The Morgan fingerprint density at radius 3 is 2.55 bits per heavy atom. The van der Waals surface area contributed by atoms with Gasteiger partial charge in [-0.05, 0) is 25.5 Å². The van der Waals surface area contributed by atoms with E-state index in [9.17, 15) is 14.0 Å². The van der Waals surface area contributed by atoms with Crippen LogP contribution in [-0.4, -0.2) is 18.4 Å². The standard InChI is InChI=1S/C14H20FN3O2/c1-3-4-9(7-16)14(20)18-12-6-10(13(17)19)5-11(15)8(12)2/h5-6,9H,3-4,7,16H2,1-2H3,(H2,17,19)(H,18,20). The van der Waals surface area contributed by atoms with Crippen LogP contribution in [0.4, 0.5) is 10.1 Å². The Bertz CT molecular complexity index is 517. The van der Waals surface area contributed by atoms with Gasteiger partial charge in [0.05, 0.1) is 5.92 Å². The molecule has 2 amide bonds. The van der Waals surface area contributed by atoms with Crippen molar-refractivity contribution in [1.82, 2.24) is 0 Å². The molecule has 1 rings (SSSR count). The zero-order valence-corrected chi connectivity index (χ0v) is 11.7. The van der Waals surface area contributed by atoms with Crippen LogP contribution < -0.4 is 16.8 Å². The molecule has 0 radical (unpaired) electrons. The fourth-order valence-corrected chi connectivity index (χ4v) is 1.89. The van der Waals surface area contributed by atoms with Crippen molar-refractivity contribution in [3.8, 4) is 0 Å². The summed E-state index contributed by atoms with van der Waals surface area (Å²) in [5, 5.41) is 2.62. The Morgan fingerprint density at radius 2 is 2.05 bits per heavy atom. The van der Waals surface area contributed by atoms with Crippen molar-refractivity contribution in [2.24, 2.45) is 17.4 Å². The summed E-state index contributed by atoms with van der Waals surface area (Å²) in [6.07, 6.45) is 1.48. The largest absolute Gasteiger partial charge is 0.366 e. The maximum Gasteiger partial charge on any atom is 0.248 e. The SMILES string of the molecule is CCCC(CN)C(=O)Nc1cc(C(N)=O)cc(F)c1C. The summed E-state index contributed by atoms with van der Waals surface area (Å²) in [5.41, 5.74) is 11.2. The number of carbonyl (C=O) groups is 2. The summed E-state index contributed by atoms with van der Waals surface area (Å²) >= 11 is 0. The first-order valence-electron chi connectivity index (χ1n) is 6.51. The van der Waals surface area contributed by atoms with Crippen molar-refractivity contribution in [1.29, 1.82) is 0 Å². The Morgan fingerprint density at radius 1 is 1.40 bits per heavy atom. The summed E-state index contributed by atoms with van der Waals surface area (Å²) in [6, 6.07) is 2.43. The number of hydrogen-bond donors (Lipinski definition) is 3. The summed E-state index contributed by atoms with van der Waals surface area (Å²) in [6.45, 7) is 3.69. The third-order valence-corrected chi connectivity index (χ3v) is 3.18. The van der Waals surface area contributed by atoms with Gasteiger partial charge in [0, 0.05) is 23.4 Å². The lowest BCUT2D eigenvalue weighted by molar-refractivity contribution is -0.119. The molecule has 0 aliphatic rings. The molecule has 0 aromatic heterocycles. The van der Waals surface area contributed by atoms with Gasteiger partial charge in [0.2, 0.25) is 11.8 Å². The average molecular weight is 281 g/mol. The van der Waals surface area contributed by atoms with Crippen molar-refractivity contribution in [2.75, 3.05) is 11.9 Å². The summed E-state index contributed by atoms with van der Waals surface area (Å²) in [5.74, 6) is -1.95. The first kappa shape index (κ1) is 16.1. The van der Waals surface area contributed by atoms with E-state index in [-0.39, 0.29) is 35.2 Å². The van der Waals surface area contributed by atoms with Gasteiger partial charge >= 0.3 is 0 Å². The van der Waals surface area contributed by atoms with E-state index in [0.29, 0.717) is 6.42 Å². The topological polar surface area (TPSA) is 98.2 Å². The monoisotopic (exact) mass is 281 g/mol. The first-order chi connectivity index (χ1) is 9.40. The highest BCUT2D eigenvalue weighted by Crippen LogP contribution is 2.21. The van der Waals surface area contributed by atoms with Crippen LogP contribution in [0.25, 0.3) is 0 Å². The molecule has 0 saturated carbocycles. The van der Waals surface area contributed by atoms with Gasteiger partial charge < -0.3 is 16.8 Å². The van der Waals surface area contributed by atoms with E-state index in [1.165, 1.54) is 13.0 Å². The summed E-state index contributed by atoms with van der Waals surface area (Å²) < 4.78 is 13.7. The molecule has 1 unspecified atom stereocenters. The molecule has 5 N–H and O–H groups in total. The second-order valence-electron chi connectivity index (χ2n) is 4.71. The lowest BCUT2D eigenvalue weighted by atomic mass is 10.0. The van der Waals surface area contributed by atoms with Gasteiger partial charge in [-0.15, -0.1) is 0 Å². The van der Waals surface area contributed by atoms with Gasteiger partial charge in [0.1, 0.15) is 5.82 Å². The molecule has 0 spiro atoms. The van der Waals surface area contributed by atoms with Crippen LogP contribution in [0, 0.1) is 18.7 Å². The van der Waals surface area contributed by atoms with Crippen LogP contribution in [0.15, 0.2) is 12.1 Å². The molecular formula is C14H20FN3O2. The van der Waals surface area contributed by atoms with Crippen LogP contribution >= 0.6 is 0 Å². The minimum atomic E-state index is -0.747. The smallest absolute Gasteiger partial charge is 0.248 e. The van der Waals surface area contributed by atoms with E-state index < -0.39 is 11.7 Å². The maximum atomic E-state index is 13.7. The lowest BCUT2D eigenvalue weighted by Crippen LogP contribution is -2.29. The molecule has 20 heavy (non-hydrogen) atoms. The quantitative estimate of drug-likeness (QED) is 0.737. The van der Waals surface area contributed by atoms with E-state index in [4.69, 9.17) is 11.5 Å². The molecular weight excluding hydrogens is 261 g/mol. The molecule has 5 nitrogen and oxygen atoms in total. The number of nitrogens with one attached hydrogen (secondary N) is 1. The molecule has 1 aromatic carbocycles. The number of primary amides is 1. The molecule has 0 fully saturated rings. The van der Waals surface area contributed by atoms with E-state index in [1.54, 1.807) is 0 Å². The molecule has 110 valence electrons. The van der Waals surface area contributed by atoms with Crippen LogP contribution in [-0.2, 0) is 4.79 Å². The number of rotatable bonds is 6. The normalized spacial score (nSPS) is 12.0. The molecule has 0 heterocycles. The Balaban J connectivity index is 3.02. The second-order valence-corrected chi connectivity index (χ2v) is 4.71. The van der Waals surface area contributed by atoms with E-state index in [0.717, 1.165) is 12.5 Å². The van der Waals surface area contributed by atoms with Crippen molar-refractivity contribution in [2.45, 2.75) is 26.7 Å². The number of carbonyl (C=O) groups excluding carboxylic acids is 2. The highest BCUT2D eigenvalue weighted by Gasteiger charge is 2.18. The van der Waals surface area contributed by atoms with Gasteiger partial charge in [0.15, 0.2) is 0 Å². The van der Waals surface area contributed by atoms with Gasteiger partial charge in [-0.25, -0.2) is 4.39 Å². The molecule has 0 aliphatic carbocycles. The number of hydrogen-bond acceptors (Lipinski definition) is 3. The maximum absolute atomic E-state index is 13.7. The number of amides is 2. The molecule has 0 aliphatic heterocycles. The van der Waals surface area contributed by atoms with Crippen molar-refractivity contribution in [3.05, 3.63) is 29.1 Å². The van der Waals surface area contributed by atoms with Gasteiger partial charge in [-0.2, -0.15) is 0 Å². The zero-order valence-electron chi connectivity index (χ0n) is 11.7. The summed E-state index contributed by atoms with van der Waals surface area (Å²) in [7, 11) is 0. The number of halogens is 1. The van der Waals surface area contributed by atoms with Crippen LogP contribution in [0.1, 0.15) is 35.7 Å². The minimum absolute atomic E-state index is 0.0168. The number of nitrogens with two attached hydrogens (primary N) is 2. The predicted molar refractivity (Wildman–Crippen MR) is 75.7 cm³/mol. The lowest BCUT2D eigenvalue weighted by Gasteiger charge is -2.16. The van der Waals surface area contributed by atoms with Crippen LogP contribution in [0.3, 0.4) is 0 Å². The van der Waals surface area contributed by atoms with E-state index in [2.05, 4.69) is 5.32 Å². The molecule has 1 atom stereocenters. The summed E-state index contributed by atoms with van der Waals surface area (Å²) in [4.78, 5) is 23.2.